The number of benzene rings is 1. The van der Waals surface area contributed by atoms with Crippen molar-refractivity contribution in [3.63, 3.8) is 0 Å². The van der Waals surface area contributed by atoms with Crippen LogP contribution in [-0.4, -0.2) is 21.6 Å². The molecule has 0 aliphatic heterocycles. The smallest absolute Gasteiger partial charge is 0.312 e. The van der Waals surface area contributed by atoms with E-state index in [1.807, 2.05) is 24.7 Å². The van der Waals surface area contributed by atoms with Crippen LogP contribution in [0.25, 0.3) is 0 Å². The summed E-state index contributed by atoms with van der Waals surface area (Å²) in [6.45, 7) is 1.94. The maximum atomic E-state index is 11.0. The third kappa shape index (κ3) is 2.71. The number of imidazole rings is 1. The average Bonchev–Trinajstić information content (AvgIpc) is 2.85. The van der Waals surface area contributed by atoms with Crippen LogP contribution in [0.1, 0.15) is 18.8 Å². The fourth-order valence-corrected chi connectivity index (χ4v) is 2.03. The van der Waals surface area contributed by atoms with E-state index in [1.165, 1.54) is 13.2 Å². The third-order valence-corrected chi connectivity index (χ3v) is 3.00. The van der Waals surface area contributed by atoms with Crippen LogP contribution >= 0.6 is 0 Å². The molecule has 7 nitrogen and oxygen atoms in total. The molecule has 0 bridgehead atoms. The number of ether oxygens (including phenoxy) is 1. The predicted molar refractivity (Wildman–Crippen MR) is 74.9 cm³/mol. The van der Waals surface area contributed by atoms with E-state index in [2.05, 4.69) is 10.3 Å². The normalized spacial score (nSPS) is 11.9. The number of hydrogen-bond acceptors (Lipinski definition) is 5. The van der Waals surface area contributed by atoms with Crippen LogP contribution in [-0.2, 0) is 7.05 Å². The number of aryl methyl sites for hydroxylation is 1. The highest BCUT2D eigenvalue weighted by atomic mass is 16.6. The summed E-state index contributed by atoms with van der Waals surface area (Å²) in [5.41, 5.74) is 0.581. The van der Waals surface area contributed by atoms with E-state index in [4.69, 9.17) is 4.74 Å². The lowest BCUT2D eigenvalue weighted by Gasteiger charge is -2.15. The lowest BCUT2D eigenvalue weighted by Crippen LogP contribution is -2.12. The average molecular weight is 276 g/mol. The van der Waals surface area contributed by atoms with E-state index in [1.54, 1.807) is 18.3 Å². The van der Waals surface area contributed by atoms with Crippen LogP contribution in [0.2, 0.25) is 0 Å². The number of rotatable bonds is 5. The fourth-order valence-electron chi connectivity index (χ4n) is 2.03. The Hall–Kier alpha value is -2.57. The second-order valence-corrected chi connectivity index (χ2v) is 4.41. The summed E-state index contributed by atoms with van der Waals surface area (Å²) in [6, 6.07) is 4.71. The summed E-state index contributed by atoms with van der Waals surface area (Å²) >= 11 is 0. The zero-order valence-electron chi connectivity index (χ0n) is 11.5. The largest absolute Gasteiger partial charge is 0.490 e. The minimum Gasteiger partial charge on any atom is -0.490 e. The molecule has 1 aromatic carbocycles. The maximum absolute atomic E-state index is 11.0. The Kier molecular flexibility index (Phi) is 3.88. The van der Waals surface area contributed by atoms with Crippen LogP contribution in [0.15, 0.2) is 30.6 Å². The minimum absolute atomic E-state index is 0.0652. The number of aromatic nitrogens is 2. The first kappa shape index (κ1) is 13.9. The van der Waals surface area contributed by atoms with Crippen LogP contribution in [0.5, 0.6) is 5.75 Å². The van der Waals surface area contributed by atoms with Crippen molar-refractivity contribution in [1.29, 1.82) is 0 Å². The number of nitro benzene ring substituents is 1. The van der Waals surface area contributed by atoms with Crippen LogP contribution in [0.4, 0.5) is 11.4 Å². The van der Waals surface area contributed by atoms with Gasteiger partial charge < -0.3 is 14.6 Å². The molecule has 20 heavy (non-hydrogen) atoms. The molecule has 0 aliphatic carbocycles. The number of nitro groups is 1. The van der Waals surface area contributed by atoms with E-state index in [0.717, 1.165) is 5.82 Å². The quantitative estimate of drug-likeness (QED) is 0.670. The first-order valence-corrected chi connectivity index (χ1v) is 6.09. The Labute approximate surface area is 116 Å². The van der Waals surface area contributed by atoms with E-state index in [0.29, 0.717) is 5.69 Å². The van der Waals surface area contributed by atoms with E-state index in [-0.39, 0.29) is 17.5 Å². The molecule has 2 rings (SSSR count). The van der Waals surface area contributed by atoms with Crippen LogP contribution < -0.4 is 10.1 Å². The molecule has 0 aliphatic rings. The van der Waals surface area contributed by atoms with Crippen molar-refractivity contribution in [3.05, 3.63) is 46.5 Å². The molecule has 0 radical (unpaired) electrons. The van der Waals surface area contributed by atoms with Gasteiger partial charge in [-0.05, 0) is 19.1 Å². The van der Waals surface area contributed by atoms with Gasteiger partial charge in [0.1, 0.15) is 5.82 Å². The fraction of sp³-hybridized carbons (Fsp3) is 0.308. The van der Waals surface area contributed by atoms with Crippen LogP contribution in [0, 0.1) is 10.1 Å². The lowest BCUT2D eigenvalue weighted by atomic mass is 10.2. The molecule has 0 spiro atoms. The van der Waals surface area contributed by atoms with Gasteiger partial charge in [-0.15, -0.1) is 0 Å². The highest BCUT2D eigenvalue weighted by Crippen LogP contribution is 2.30. The Morgan fingerprint density at radius 2 is 2.25 bits per heavy atom. The molecule has 1 unspecified atom stereocenters. The second kappa shape index (κ2) is 5.60. The zero-order valence-corrected chi connectivity index (χ0v) is 11.5. The number of anilines is 1. The number of methoxy groups -OCH3 is 1. The lowest BCUT2D eigenvalue weighted by molar-refractivity contribution is -0.385. The Morgan fingerprint density at radius 3 is 2.80 bits per heavy atom. The molecule has 0 saturated carbocycles. The van der Waals surface area contributed by atoms with Crippen molar-refractivity contribution < 1.29 is 9.66 Å². The first-order chi connectivity index (χ1) is 9.52. The van der Waals surface area contributed by atoms with Gasteiger partial charge in [-0.2, -0.15) is 0 Å². The molecular formula is C13H16N4O3. The molecule has 1 aromatic heterocycles. The number of hydrogen-bond donors (Lipinski definition) is 1. The van der Waals surface area contributed by atoms with Gasteiger partial charge >= 0.3 is 5.69 Å². The molecule has 106 valence electrons. The summed E-state index contributed by atoms with van der Waals surface area (Å²) in [6.07, 6.45) is 3.56. The van der Waals surface area contributed by atoms with Gasteiger partial charge in [-0.25, -0.2) is 4.98 Å². The molecule has 1 heterocycles. The Morgan fingerprint density at radius 1 is 1.50 bits per heavy atom. The van der Waals surface area contributed by atoms with E-state index < -0.39 is 4.92 Å². The van der Waals surface area contributed by atoms with Gasteiger partial charge in [0.25, 0.3) is 0 Å². The summed E-state index contributed by atoms with van der Waals surface area (Å²) in [7, 11) is 3.31. The van der Waals surface area contributed by atoms with Crippen molar-refractivity contribution in [2.24, 2.45) is 7.05 Å². The van der Waals surface area contributed by atoms with Crippen molar-refractivity contribution in [2.45, 2.75) is 13.0 Å². The predicted octanol–water partition coefficient (Wildman–Crippen LogP) is 2.51. The third-order valence-electron chi connectivity index (χ3n) is 3.00. The van der Waals surface area contributed by atoms with Gasteiger partial charge in [-0.1, -0.05) is 0 Å². The van der Waals surface area contributed by atoms with Crippen molar-refractivity contribution in [3.8, 4) is 5.75 Å². The van der Waals surface area contributed by atoms with Gasteiger partial charge in [0.05, 0.1) is 18.1 Å². The SMILES string of the molecule is COc1ccc(NC(C)c2nccn2C)cc1[N+](=O)[O-]. The van der Waals surface area contributed by atoms with E-state index in [9.17, 15) is 10.1 Å². The summed E-state index contributed by atoms with van der Waals surface area (Å²) < 4.78 is 6.87. The molecule has 0 amide bonds. The topological polar surface area (TPSA) is 82.2 Å². The molecule has 1 atom stereocenters. The molecule has 0 fully saturated rings. The maximum Gasteiger partial charge on any atom is 0.312 e. The minimum atomic E-state index is -0.463. The standard InChI is InChI=1S/C13H16N4O3/c1-9(13-14-6-7-16(13)2)15-10-4-5-12(20-3)11(8-10)17(18)19/h4-9,15H,1-3H3. The van der Waals surface area contributed by atoms with Gasteiger partial charge in [0, 0.05) is 31.2 Å². The van der Waals surface area contributed by atoms with Gasteiger partial charge in [-0.3, -0.25) is 10.1 Å². The number of nitrogens with zero attached hydrogens (tertiary/aromatic N) is 3. The van der Waals surface area contributed by atoms with E-state index >= 15 is 0 Å². The van der Waals surface area contributed by atoms with Crippen molar-refractivity contribution in [2.75, 3.05) is 12.4 Å². The Bertz CT molecular complexity index is 624. The molecular weight excluding hydrogens is 260 g/mol. The van der Waals surface area contributed by atoms with Crippen LogP contribution in [0.3, 0.4) is 0 Å². The summed E-state index contributed by atoms with van der Waals surface area (Å²) in [4.78, 5) is 14.8. The summed E-state index contributed by atoms with van der Waals surface area (Å²) in [5, 5.41) is 14.2. The summed E-state index contributed by atoms with van der Waals surface area (Å²) in [5.74, 6) is 1.09. The van der Waals surface area contributed by atoms with Crippen molar-refractivity contribution in [1.82, 2.24) is 9.55 Å². The second-order valence-electron chi connectivity index (χ2n) is 4.41. The first-order valence-electron chi connectivity index (χ1n) is 6.09. The highest BCUT2D eigenvalue weighted by molar-refractivity contribution is 5.58. The highest BCUT2D eigenvalue weighted by Gasteiger charge is 2.17. The van der Waals surface area contributed by atoms with Crippen molar-refractivity contribution >= 4 is 11.4 Å². The monoisotopic (exact) mass is 276 g/mol. The van der Waals surface area contributed by atoms with Gasteiger partial charge in [0.15, 0.2) is 5.75 Å². The zero-order chi connectivity index (χ0) is 14.7. The molecule has 7 heteroatoms. The van der Waals surface area contributed by atoms with Gasteiger partial charge in [0.2, 0.25) is 0 Å². The Balaban J connectivity index is 2.24. The molecule has 1 N–H and O–H groups in total. The number of nitrogens with one attached hydrogen (secondary N) is 1. The molecule has 0 saturated heterocycles. The molecule has 2 aromatic rings.